The summed E-state index contributed by atoms with van der Waals surface area (Å²) in [6.07, 6.45) is 0. The van der Waals surface area contributed by atoms with Gasteiger partial charge in [0, 0.05) is 30.4 Å². The second-order valence-corrected chi connectivity index (χ2v) is 4.82. The van der Waals surface area contributed by atoms with Crippen molar-refractivity contribution < 1.29 is 13.2 Å². The number of halogens is 3. The number of hydrogen-bond donors (Lipinski definition) is 1. The third-order valence-electron chi connectivity index (χ3n) is 3.36. The van der Waals surface area contributed by atoms with Crippen LogP contribution in [0, 0.1) is 31.3 Å². The van der Waals surface area contributed by atoms with Crippen LogP contribution in [0.3, 0.4) is 0 Å². The first kappa shape index (κ1) is 14.4. The Morgan fingerprint density at radius 1 is 1.20 bits per heavy atom. The maximum atomic E-state index is 13.6. The van der Waals surface area contributed by atoms with E-state index < -0.39 is 17.5 Å². The number of rotatable bonds is 3. The smallest absolute Gasteiger partial charge is 0.182 e. The van der Waals surface area contributed by atoms with Crippen LogP contribution in [-0.2, 0) is 7.05 Å². The van der Waals surface area contributed by atoms with Gasteiger partial charge in [-0.15, -0.1) is 0 Å². The van der Waals surface area contributed by atoms with Crippen molar-refractivity contribution in [3.05, 3.63) is 46.5 Å². The molecule has 0 saturated carbocycles. The molecule has 2 rings (SSSR count). The summed E-state index contributed by atoms with van der Waals surface area (Å²) in [5, 5.41) is 7.06. The standard InChI is InChI=1S/C14H16F3N3/c1-7(13-8(2)19-20(4)9(13)3)18-12-6-10(15)5-11(16)14(12)17/h5-7,18H,1-4H3. The average Bonchev–Trinajstić information content (AvgIpc) is 2.59. The van der Waals surface area contributed by atoms with Gasteiger partial charge in [0.2, 0.25) is 0 Å². The van der Waals surface area contributed by atoms with Crippen LogP contribution in [0.15, 0.2) is 12.1 Å². The van der Waals surface area contributed by atoms with E-state index in [4.69, 9.17) is 0 Å². The molecule has 0 aliphatic carbocycles. The first-order valence-corrected chi connectivity index (χ1v) is 6.22. The zero-order chi connectivity index (χ0) is 15.0. The molecule has 0 spiro atoms. The lowest BCUT2D eigenvalue weighted by Crippen LogP contribution is -2.11. The zero-order valence-electron chi connectivity index (χ0n) is 11.8. The molecule has 0 aliphatic rings. The number of benzene rings is 1. The minimum Gasteiger partial charge on any atom is -0.376 e. The van der Waals surface area contributed by atoms with Crippen molar-refractivity contribution in [2.45, 2.75) is 26.8 Å². The summed E-state index contributed by atoms with van der Waals surface area (Å²) in [6.45, 7) is 5.51. The molecule has 0 amide bonds. The molecule has 1 aromatic heterocycles. The molecule has 0 saturated heterocycles. The van der Waals surface area contributed by atoms with Gasteiger partial charge in [-0.05, 0) is 20.8 Å². The number of aryl methyl sites for hydroxylation is 2. The Bertz CT molecular complexity index is 650. The van der Waals surface area contributed by atoms with Gasteiger partial charge in [0.25, 0.3) is 0 Å². The van der Waals surface area contributed by atoms with Gasteiger partial charge < -0.3 is 5.32 Å². The molecule has 1 N–H and O–H groups in total. The molecule has 0 aliphatic heterocycles. The molecule has 3 nitrogen and oxygen atoms in total. The molecule has 1 heterocycles. The van der Waals surface area contributed by atoms with Gasteiger partial charge >= 0.3 is 0 Å². The van der Waals surface area contributed by atoms with E-state index in [-0.39, 0.29) is 11.7 Å². The topological polar surface area (TPSA) is 29.9 Å². The molecule has 20 heavy (non-hydrogen) atoms. The van der Waals surface area contributed by atoms with E-state index in [1.807, 2.05) is 13.8 Å². The van der Waals surface area contributed by atoms with Crippen molar-refractivity contribution in [3.8, 4) is 0 Å². The van der Waals surface area contributed by atoms with Crippen LogP contribution in [0.25, 0.3) is 0 Å². The highest BCUT2D eigenvalue weighted by Gasteiger charge is 2.19. The van der Waals surface area contributed by atoms with Crippen molar-refractivity contribution in [3.63, 3.8) is 0 Å². The summed E-state index contributed by atoms with van der Waals surface area (Å²) in [5.41, 5.74) is 2.40. The Balaban J connectivity index is 2.35. The third-order valence-corrected chi connectivity index (χ3v) is 3.36. The van der Waals surface area contributed by atoms with Gasteiger partial charge in [0.1, 0.15) is 5.82 Å². The normalized spacial score (nSPS) is 12.6. The number of hydrogen-bond acceptors (Lipinski definition) is 2. The number of anilines is 1. The van der Waals surface area contributed by atoms with E-state index in [0.29, 0.717) is 6.07 Å². The molecular weight excluding hydrogens is 267 g/mol. The first-order valence-electron chi connectivity index (χ1n) is 6.22. The minimum atomic E-state index is -1.21. The van der Waals surface area contributed by atoms with Crippen LogP contribution in [0.5, 0.6) is 0 Å². The summed E-state index contributed by atoms with van der Waals surface area (Å²) in [6, 6.07) is 1.14. The predicted molar refractivity (Wildman–Crippen MR) is 71.0 cm³/mol. The zero-order valence-corrected chi connectivity index (χ0v) is 11.8. The van der Waals surface area contributed by atoms with E-state index in [9.17, 15) is 13.2 Å². The SMILES string of the molecule is Cc1nn(C)c(C)c1C(C)Nc1cc(F)cc(F)c1F. The lowest BCUT2D eigenvalue weighted by molar-refractivity contribution is 0.496. The van der Waals surface area contributed by atoms with Crippen molar-refractivity contribution in [1.82, 2.24) is 9.78 Å². The molecule has 2 aromatic rings. The largest absolute Gasteiger partial charge is 0.376 e. The molecule has 1 aromatic carbocycles. The second-order valence-electron chi connectivity index (χ2n) is 4.82. The first-order chi connectivity index (χ1) is 9.31. The number of aromatic nitrogens is 2. The van der Waals surface area contributed by atoms with Crippen LogP contribution in [-0.4, -0.2) is 9.78 Å². The average molecular weight is 283 g/mol. The molecule has 1 atom stereocenters. The van der Waals surface area contributed by atoms with Crippen LogP contribution in [0.2, 0.25) is 0 Å². The Labute approximate surface area is 115 Å². The maximum Gasteiger partial charge on any atom is 0.182 e. The third kappa shape index (κ3) is 2.50. The Kier molecular flexibility index (Phi) is 3.74. The summed E-state index contributed by atoms with van der Waals surface area (Å²) in [4.78, 5) is 0. The Hall–Kier alpha value is -1.98. The molecule has 108 valence electrons. The van der Waals surface area contributed by atoms with Gasteiger partial charge in [-0.1, -0.05) is 0 Å². The fourth-order valence-electron chi connectivity index (χ4n) is 2.38. The fraction of sp³-hybridized carbons (Fsp3) is 0.357. The Morgan fingerprint density at radius 3 is 2.40 bits per heavy atom. The van der Waals surface area contributed by atoms with Crippen LogP contribution in [0.4, 0.5) is 18.9 Å². The monoisotopic (exact) mass is 283 g/mol. The van der Waals surface area contributed by atoms with E-state index in [1.165, 1.54) is 0 Å². The van der Waals surface area contributed by atoms with Gasteiger partial charge in [-0.2, -0.15) is 5.10 Å². The highest BCUT2D eigenvalue weighted by Crippen LogP contribution is 2.27. The summed E-state index contributed by atoms with van der Waals surface area (Å²) in [5.74, 6) is -3.12. The predicted octanol–water partition coefficient (Wildman–Crippen LogP) is 3.63. The summed E-state index contributed by atoms with van der Waals surface area (Å²) in [7, 11) is 1.81. The lowest BCUT2D eigenvalue weighted by atomic mass is 10.1. The van der Waals surface area contributed by atoms with Gasteiger partial charge in [0.05, 0.1) is 17.4 Å². The minimum absolute atomic E-state index is 0.197. The highest BCUT2D eigenvalue weighted by molar-refractivity contribution is 5.48. The summed E-state index contributed by atoms with van der Waals surface area (Å²) < 4.78 is 41.7. The van der Waals surface area contributed by atoms with Crippen molar-refractivity contribution in [2.75, 3.05) is 5.32 Å². The van der Waals surface area contributed by atoms with E-state index in [0.717, 1.165) is 23.0 Å². The van der Waals surface area contributed by atoms with Crippen LogP contribution >= 0.6 is 0 Å². The van der Waals surface area contributed by atoms with E-state index in [1.54, 1.807) is 18.7 Å². The van der Waals surface area contributed by atoms with Gasteiger partial charge in [-0.3, -0.25) is 4.68 Å². The van der Waals surface area contributed by atoms with Crippen molar-refractivity contribution in [2.24, 2.45) is 7.05 Å². The van der Waals surface area contributed by atoms with Crippen molar-refractivity contribution >= 4 is 5.69 Å². The number of nitrogens with one attached hydrogen (secondary N) is 1. The van der Waals surface area contributed by atoms with Gasteiger partial charge in [-0.25, -0.2) is 13.2 Å². The van der Waals surface area contributed by atoms with E-state index >= 15 is 0 Å². The number of nitrogens with zero attached hydrogens (tertiary/aromatic N) is 2. The molecule has 1 unspecified atom stereocenters. The lowest BCUT2D eigenvalue weighted by Gasteiger charge is -2.17. The van der Waals surface area contributed by atoms with Gasteiger partial charge in [0.15, 0.2) is 11.6 Å². The van der Waals surface area contributed by atoms with Crippen LogP contribution in [0.1, 0.15) is 29.9 Å². The quantitative estimate of drug-likeness (QED) is 0.872. The highest BCUT2D eigenvalue weighted by atomic mass is 19.2. The summed E-state index contributed by atoms with van der Waals surface area (Å²) >= 11 is 0. The van der Waals surface area contributed by atoms with E-state index in [2.05, 4.69) is 10.4 Å². The molecule has 0 bridgehead atoms. The molecular formula is C14H16F3N3. The maximum absolute atomic E-state index is 13.6. The van der Waals surface area contributed by atoms with Crippen molar-refractivity contribution in [1.29, 1.82) is 0 Å². The molecule has 0 fully saturated rings. The second kappa shape index (κ2) is 5.19. The fourth-order valence-corrected chi connectivity index (χ4v) is 2.38. The van der Waals surface area contributed by atoms with Crippen LogP contribution < -0.4 is 5.32 Å². The Morgan fingerprint density at radius 2 is 1.85 bits per heavy atom. The molecule has 6 heteroatoms. The molecule has 0 radical (unpaired) electrons.